The monoisotopic (exact) mass is 459 g/mol. The van der Waals surface area contributed by atoms with Crippen molar-refractivity contribution in [2.24, 2.45) is 5.92 Å². The first-order chi connectivity index (χ1) is 9.92. The maximum atomic E-state index is 4.78. The van der Waals surface area contributed by atoms with Crippen LogP contribution in [0.1, 0.15) is 25.1 Å². The van der Waals surface area contributed by atoms with Crippen LogP contribution in [0.3, 0.4) is 0 Å². The molecule has 1 aromatic carbocycles. The maximum absolute atomic E-state index is 4.78. The number of aromatic nitrogens is 2. The van der Waals surface area contributed by atoms with Gasteiger partial charge in [0.2, 0.25) is 0 Å². The Morgan fingerprint density at radius 1 is 1.29 bits per heavy atom. The highest BCUT2D eigenvalue weighted by molar-refractivity contribution is 14.1. The van der Waals surface area contributed by atoms with Gasteiger partial charge < -0.3 is 5.32 Å². The average Bonchev–Trinajstić information content (AvgIpc) is 2.43. The minimum atomic E-state index is 0.565. The average molecular weight is 460 g/mol. The van der Waals surface area contributed by atoms with Crippen molar-refractivity contribution in [3.63, 3.8) is 0 Å². The molecule has 0 aliphatic heterocycles. The molecule has 0 amide bonds. The molecule has 0 bridgehead atoms. The molecule has 3 nitrogen and oxygen atoms in total. The number of nitrogens with one attached hydrogen (secondary N) is 1. The summed E-state index contributed by atoms with van der Waals surface area (Å²) in [4.78, 5) is 9.43. The lowest BCUT2D eigenvalue weighted by atomic mass is 10.1. The highest BCUT2D eigenvalue weighted by Crippen LogP contribution is 2.28. The van der Waals surface area contributed by atoms with E-state index in [2.05, 4.69) is 87.8 Å². The summed E-state index contributed by atoms with van der Waals surface area (Å²) >= 11 is 5.91. The van der Waals surface area contributed by atoms with E-state index in [0.717, 1.165) is 37.4 Å². The molecule has 1 N–H and O–H groups in total. The fraction of sp³-hybridized carbons (Fsp3) is 0.375. The van der Waals surface area contributed by atoms with Crippen LogP contribution in [0.15, 0.2) is 22.7 Å². The Kier molecular flexibility index (Phi) is 5.60. The molecule has 0 fully saturated rings. The Labute approximate surface area is 148 Å². The zero-order valence-electron chi connectivity index (χ0n) is 12.7. The molecule has 21 heavy (non-hydrogen) atoms. The molecule has 5 heteroatoms. The first kappa shape index (κ1) is 16.7. The summed E-state index contributed by atoms with van der Waals surface area (Å²) in [6.45, 7) is 6.49. The van der Waals surface area contributed by atoms with E-state index >= 15 is 0 Å². The molecule has 112 valence electrons. The molecule has 2 rings (SSSR count). The van der Waals surface area contributed by atoms with Crippen LogP contribution in [0.5, 0.6) is 0 Å². The second-order valence-corrected chi connectivity index (χ2v) is 7.40. The number of benzene rings is 1. The zero-order valence-corrected chi connectivity index (χ0v) is 16.4. The van der Waals surface area contributed by atoms with E-state index in [0.29, 0.717) is 5.92 Å². The third kappa shape index (κ3) is 3.94. The minimum Gasteiger partial charge on any atom is -0.372 e. The van der Waals surface area contributed by atoms with Gasteiger partial charge in [-0.3, -0.25) is 0 Å². The van der Waals surface area contributed by atoms with Crippen molar-refractivity contribution in [2.75, 3.05) is 12.4 Å². The van der Waals surface area contributed by atoms with Crippen LogP contribution in [0, 0.1) is 16.4 Å². The Hall–Kier alpha value is -0.690. The van der Waals surface area contributed by atoms with E-state index in [4.69, 9.17) is 4.98 Å². The molecule has 2 aromatic rings. The van der Waals surface area contributed by atoms with Crippen molar-refractivity contribution >= 4 is 44.3 Å². The standard InChI is InChI=1S/C16H19BrIN3/c1-9(2)7-13-14(18)16(19-4)21-15(20-13)11-6-5-10(3)12(17)8-11/h5-6,8-9H,7H2,1-4H3,(H,19,20,21). The molecule has 0 aliphatic rings. The van der Waals surface area contributed by atoms with Crippen LogP contribution in [0.2, 0.25) is 0 Å². The van der Waals surface area contributed by atoms with E-state index in [9.17, 15) is 0 Å². The van der Waals surface area contributed by atoms with E-state index < -0.39 is 0 Å². The summed E-state index contributed by atoms with van der Waals surface area (Å²) < 4.78 is 2.19. The lowest BCUT2D eigenvalue weighted by Gasteiger charge is -2.13. The minimum absolute atomic E-state index is 0.565. The normalized spacial score (nSPS) is 11.0. The molecular formula is C16H19BrIN3. The van der Waals surface area contributed by atoms with Gasteiger partial charge in [0.15, 0.2) is 5.82 Å². The highest BCUT2D eigenvalue weighted by atomic mass is 127. The molecule has 0 saturated heterocycles. The van der Waals surface area contributed by atoms with Crippen LogP contribution in [0.4, 0.5) is 5.82 Å². The topological polar surface area (TPSA) is 37.8 Å². The Balaban J connectivity index is 2.54. The van der Waals surface area contributed by atoms with Crippen molar-refractivity contribution < 1.29 is 0 Å². The van der Waals surface area contributed by atoms with Gasteiger partial charge in [0.1, 0.15) is 5.82 Å². The van der Waals surface area contributed by atoms with E-state index in [-0.39, 0.29) is 0 Å². The Morgan fingerprint density at radius 3 is 2.57 bits per heavy atom. The lowest BCUT2D eigenvalue weighted by molar-refractivity contribution is 0.632. The number of anilines is 1. The predicted octanol–water partition coefficient (Wildman–Crippen LogP) is 5.06. The summed E-state index contributed by atoms with van der Waals surface area (Å²) in [5.41, 5.74) is 3.35. The van der Waals surface area contributed by atoms with E-state index in [1.54, 1.807) is 0 Å². The van der Waals surface area contributed by atoms with Crippen molar-refractivity contribution in [1.82, 2.24) is 9.97 Å². The van der Waals surface area contributed by atoms with Gasteiger partial charge in [-0.1, -0.05) is 41.9 Å². The van der Waals surface area contributed by atoms with Gasteiger partial charge >= 0.3 is 0 Å². The first-order valence-corrected chi connectivity index (χ1v) is 8.80. The molecule has 0 unspecified atom stereocenters. The molecular weight excluding hydrogens is 441 g/mol. The molecule has 0 aliphatic carbocycles. The molecule has 0 spiro atoms. The summed E-state index contributed by atoms with van der Waals surface area (Å²) in [5.74, 6) is 2.24. The molecule has 0 radical (unpaired) electrons. The summed E-state index contributed by atoms with van der Waals surface area (Å²) in [5, 5.41) is 3.17. The highest BCUT2D eigenvalue weighted by Gasteiger charge is 2.14. The predicted molar refractivity (Wildman–Crippen MR) is 101 cm³/mol. The smallest absolute Gasteiger partial charge is 0.161 e. The second kappa shape index (κ2) is 7.05. The zero-order chi connectivity index (χ0) is 15.6. The molecule has 1 aromatic heterocycles. The van der Waals surface area contributed by atoms with Crippen LogP contribution >= 0.6 is 38.5 Å². The van der Waals surface area contributed by atoms with Gasteiger partial charge in [0.05, 0.1) is 9.26 Å². The number of hydrogen-bond donors (Lipinski definition) is 1. The first-order valence-electron chi connectivity index (χ1n) is 6.93. The van der Waals surface area contributed by atoms with Gasteiger partial charge in [0.25, 0.3) is 0 Å². The van der Waals surface area contributed by atoms with Gasteiger partial charge in [-0.25, -0.2) is 9.97 Å². The van der Waals surface area contributed by atoms with Gasteiger partial charge in [-0.2, -0.15) is 0 Å². The number of halogens is 2. The molecule has 1 heterocycles. The number of nitrogens with zero attached hydrogens (tertiary/aromatic N) is 2. The van der Waals surface area contributed by atoms with Crippen LogP contribution in [-0.2, 0) is 6.42 Å². The van der Waals surface area contributed by atoms with Gasteiger partial charge in [-0.15, -0.1) is 0 Å². The third-order valence-corrected chi connectivity index (χ3v) is 5.18. The van der Waals surface area contributed by atoms with Crippen molar-refractivity contribution in [2.45, 2.75) is 27.2 Å². The third-order valence-electron chi connectivity index (χ3n) is 3.19. The van der Waals surface area contributed by atoms with E-state index in [1.807, 2.05) is 7.05 Å². The summed E-state index contributed by atoms with van der Waals surface area (Å²) in [6.07, 6.45) is 0.954. The molecule has 0 saturated carbocycles. The molecule has 0 atom stereocenters. The number of rotatable bonds is 4. The Bertz CT molecular complexity index is 656. The van der Waals surface area contributed by atoms with Crippen LogP contribution in [-0.4, -0.2) is 17.0 Å². The van der Waals surface area contributed by atoms with E-state index in [1.165, 1.54) is 5.56 Å². The fourth-order valence-corrected chi connectivity index (χ4v) is 3.15. The summed E-state index contributed by atoms with van der Waals surface area (Å²) in [7, 11) is 1.90. The van der Waals surface area contributed by atoms with Crippen molar-refractivity contribution in [3.8, 4) is 11.4 Å². The number of hydrogen-bond acceptors (Lipinski definition) is 3. The second-order valence-electron chi connectivity index (χ2n) is 5.47. The lowest BCUT2D eigenvalue weighted by Crippen LogP contribution is -2.07. The number of aryl methyl sites for hydroxylation is 1. The Morgan fingerprint density at radius 2 is 2.00 bits per heavy atom. The maximum Gasteiger partial charge on any atom is 0.161 e. The van der Waals surface area contributed by atoms with Gasteiger partial charge in [0, 0.05) is 17.1 Å². The quantitative estimate of drug-likeness (QED) is 0.649. The largest absolute Gasteiger partial charge is 0.372 e. The summed E-state index contributed by atoms with van der Waals surface area (Å²) in [6, 6.07) is 6.24. The van der Waals surface area contributed by atoms with Crippen LogP contribution in [0.25, 0.3) is 11.4 Å². The van der Waals surface area contributed by atoms with Crippen LogP contribution < -0.4 is 5.32 Å². The fourth-order valence-electron chi connectivity index (χ4n) is 2.04. The van der Waals surface area contributed by atoms with Crippen molar-refractivity contribution in [1.29, 1.82) is 0 Å². The van der Waals surface area contributed by atoms with Crippen molar-refractivity contribution in [3.05, 3.63) is 37.5 Å². The SMILES string of the molecule is CNc1nc(-c2ccc(C)c(Br)c2)nc(CC(C)C)c1I. The van der Waals surface area contributed by atoms with Gasteiger partial charge in [-0.05, 0) is 53.5 Å².